The van der Waals surface area contributed by atoms with Crippen LogP contribution in [0.1, 0.15) is 25.0 Å². The number of fused-ring (bicyclic) bond motifs is 5. The van der Waals surface area contributed by atoms with E-state index < -0.39 is 0 Å². The van der Waals surface area contributed by atoms with Gasteiger partial charge in [0.25, 0.3) is 0 Å². The van der Waals surface area contributed by atoms with Crippen LogP contribution in [0.5, 0.6) is 0 Å². The van der Waals surface area contributed by atoms with Crippen molar-refractivity contribution < 1.29 is 0 Å². The van der Waals surface area contributed by atoms with Crippen molar-refractivity contribution in [2.75, 3.05) is 0 Å². The first kappa shape index (κ1) is 34.8. The normalized spacial score (nSPS) is 12.7. The third-order valence-electron chi connectivity index (χ3n) is 12.3. The van der Waals surface area contributed by atoms with Gasteiger partial charge >= 0.3 is 0 Å². The maximum Gasteiger partial charge on any atom is 0.160 e. The first-order valence-electron chi connectivity index (χ1n) is 20.4. The molecule has 2 nitrogen and oxygen atoms in total. The zero-order valence-electron chi connectivity index (χ0n) is 33.0. The molecule has 0 fully saturated rings. The van der Waals surface area contributed by atoms with Crippen LogP contribution in [0.15, 0.2) is 206 Å². The Balaban J connectivity index is 1.16. The Morgan fingerprint density at radius 2 is 0.746 bits per heavy atom. The lowest BCUT2D eigenvalue weighted by Gasteiger charge is -2.22. The van der Waals surface area contributed by atoms with Crippen LogP contribution in [0.2, 0.25) is 0 Å². The number of hydrogen-bond acceptors (Lipinski definition) is 2. The molecule has 2 heteroatoms. The summed E-state index contributed by atoms with van der Waals surface area (Å²) in [5.41, 5.74) is 17.5. The molecule has 0 amide bonds. The van der Waals surface area contributed by atoms with Crippen molar-refractivity contribution in [2.24, 2.45) is 0 Å². The van der Waals surface area contributed by atoms with Gasteiger partial charge in [0, 0.05) is 22.1 Å². The highest BCUT2D eigenvalue weighted by Gasteiger charge is 2.35. The molecule has 0 bridgehead atoms. The molecule has 0 N–H and O–H groups in total. The SMILES string of the molecule is CC1(C)c2ccccc2-c2ccc(-c3ccc4c(-c5ccccc5)c5cc(-c6cc(-c7ccccc7)nc(-c7ccccc7)n6)ccc5c(-c5ccccc5)c4c3)cc21. The van der Waals surface area contributed by atoms with Gasteiger partial charge in [-0.15, -0.1) is 0 Å². The summed E-state index contributed by atoms with van der Waals surface area (Å²) in [6.45, 7) is 4.71. The molecule has 278 valence electrons. The Labute approximate surface area is 345 Å². The van der Waals surface area contributed by atoms with E-state index in [-0.39, 0.29) is 5.41 Å². The second-order valence-electron chi connectivity index (χ2n) is 16.1. The van der Waals surface area contributed by atoms with Crippen molar-refractivity contribution in [2.45, 2.75) is 19.3 Å². The predicted octanol–water partition coefficient (Wildman–Crippen LogP) is 15.1. The molecule has 1 aliphatic carbocycles. The third kappa shape index (κ3) is 5.87. The first-order valence-corrected chi connectivity index (χ1v) is 20.4. The third-order valence-corrected chi connectivity index (χ3v) is 12.3. The van der Waals surface area contributed by atoms with E-state index in [9.17, 15) is 0 Å². The van der Waals surface area contributed by atoms with Gasteiger partial charge in [-0.1, -0.05) is 196 Å². The van der Waals surface area contributed by atoms with Gasteiger partial charge in [-0.25, -0.2) is 9.97 Å². The Morgan fingerprint density at radius 3 is 1.36 bits per heavy atom. The quantitative estimate of drug-likeness (QED) is 0.158. The number of nitrogens with zero attached hydrogens (tertiary/aromatic N) is 2. The second-order valence-corrected chi connectivity index (χ2v) is 16.1. The minimum absolute atomic E-state index is 0.0736. The molecule has 9 aromatic carbocycles. The topological polar surface area (TPSA) is 25.8 Å². The molecule has 1 aliphatic rings. The largest absolute Gasteiger partial charge is 0.228 e. The summed E-state index contributed by atoms with van der Waals surface area (Å²) in [6.07, 6.45) is 0. The van der Waals surface area contributed by atoms with Gasteiger partial charge in [-0.05, 0) is 101 Å². The summed E-state index contributed by atoms with van der Waals surface area (Å²) >= 11 is 0. The number of aromatic nitrogens is 2. The van der Waals surface area contributed by atoms with Crippen LogP contribution >= 0.6 is 0 Å². The van der Waals surface area contributed by atoms with Crippen molar-refractivity contribution in [3.8, 4) is 78.4 Å². The Morgan fingerprint density at radius 1 is 0.305 bits per heavy atom. The van der Waals surface area contributed by atoms with Gasteiger partial charge in [-0.2, -0.15) is 0 Å². The van der Waals surface area contributed by atoms with E-state index in [4.69, 9.17) is 9.97 Å². The standard InChI is InChI=1S/C57H40N2/c1-57(2)50-26-16-15-25-44(50)45-30-27-42(35-51(45)57)41-28-31-46-48(33-41)54(38-19-9-4-10-20-38)47-32-29-43(34-49(47)55(46)39-21-11-5-12-22-39)53-36-52(37-17-7-3-8-18-37)58-56(59-53)40-23-13-6-14-24-40/h3-36H,1-2H3. The maximum atomic E-state index is 5.23. The van der Waals surface area contributed by atoms with Crippen molar-refractivity contribution >= 4 is 21.5 Å². The van der Waals surface area contributed by atoms with Crippen LogP contribution in [0.3, 0.4) is 0 Å². The van der Waals surface area contributed by atoms with Crippen LogP contribution in [0, 0.1) is 0 Å². The highest BCUT2D eigenvalue weighted by molar-refractivity contribution is 6.22. The van der Waals surface area contributed by atoms with E-state index in [1.54, 1.807) is 0 Å². The molecular weight excluding hydrogens is 713 g/mol. The van der Waals surface area contributed by atoms with E-state index in [1.807, 2.05) is 24.3 Å². The molecule has 11 rings (SSSR count). The minimum atomic E-state index is -0.0736. The van der Waals surface area contributed by atoms with E-state index in [1.165, 1.54) is 77.2 Å². The average molecular weight is 753 g/mol. The fraction of sp³-hybridized carbons (Fsp3) is 0.0526. The summed E-state index contributed by atoms with van der Waals surface area (Å²) in [7, 11) is 0. The van der Waals surface area contributed by atoms with E-state index in [0.717, 1.165) is 28.1 Å². The molecule has 0 spiro atoms. The fourth-order valence-corrected chi connectivity index (χ4v) is 9.35. The maximum absolute atomic E-state index is 5.23. The van der Waals surface area contributed by atoms with Crippen molar-refractivity contribution in [3.63, 3.8) is 0 Å². The van der Waals surface area contributed by atoms with E-state index in [2.05, 4.69) is 196 Å². The van der Waals surface area contributed by atoms with Crippen molar-refractivity contribution in [1.29, 1.82) is 0 Å². The van der Waals surface area contributed by atoms with Gasteiger partial charge in [0.2, 0.25) is 0 Å². The molecule has 0 saturated heterocycles. The monoisotopic (exact) mass is 752 g/mol. The summed E-state index contributed by atoms with van der Waals surface area (Å²) in [6, 6.07) is 74.5. The zero-order chi connectivity index (χ0) is 39.5. The molecule has 1 heterocycles. The first-order chi connectivity index (χ1) is 29.0. The van der Waals surface area contributed by atoms with Crippen molar-refractivity contribution in [1.82, 2.24) is 9.97 Å². The van der Waals surface area contributed by atoms with Crippen LogP contribution in [-0.4, -0.2) is 9.97 Å². The summed E-state index contributed by atoms with van der Waals surface area (Å²) in [5.74, 6) is 0.708. The number of benzene rings is 9. The molecule has 1 aromatic heterocycles. The zero-order valence-corrected chi connectivity index (χ0v) is 33.0. The molecular formula is C57H40N2. The lowest BCUT2D eigenvalue weighted by atomic mass is 9.81. The van der Waals surface area contributed by atoms with E-state index >= 15 is 0 Å². The highest BCUT2D eigenvalue weighted by atomic mass is 14.9. The summed E-state index contributed by atoms with van der Waals surface area (Å²) < 4.78 is 0. The van der Waals surface area contributed by atoms with Crippen LogP contribution in [0.4, 0.5) is 0 Å². The molecule has 0 radical (unpaired) electrons. The molecule has 0 unspecified atom stereocenters. The van der Waals surface area contributed by atoms with Crippen LogP contribution < -0.4 is 0 Å². The van der Waals surface area contributed by atoms with Gasteiger partial charge in [-0.3, -0.25) is 0 Å². The smallest absolute Gasteiger partial charge is 0.160 e. The second kappa shape index (κ2) is 13.9. The number of rotatable bonds is 6. The van der Waals surface area contributed by atoms with Gasteiger partial charge in [0.05, 0.1) is 11.4 Å². The molecule has 0 atom stereocenters. The van der Waals surface area contributed by atoms with E-state index in [0.29, 0.717) is 5.82 Å². The highest BCUT2D eigenvalue weighted by Crippen LogP contribution is 2.50. The minimum Gasteiger partial charge on any atom is -0.228 e. The number of hydrogen-bond donors (Lipinski definition) is 0. The summed E-state index contributed by atoms with van der Waals surface area (Å²) in [5, 5.41) is 4.84. The van der Waals surface area contributed by atoms with Gasteiger partial charge in [0.1, 0.15) is 0 Å². The molecule has 59 heavy (non-hydrogen) atoms. The lowest BCUT2D eigenvalue weighted by Crippen LogP contribution is -2.14. The molecule has 0 saturated carbocycles. The Kier molecular flexibility index (Phi) is 8.20. The predicted molar refractivity (Wildman–Crippen MR) is 247 cm³/mol. The average Bonchev–Trinajstić information content (AvgIpc) is 3.54. The molecule has 0 aliphatic heterocycles. The fourth-order valence-electron chi connectivity index (χ4n) is 9.35. The van der Waals surface area contributed by atoms with Crippen LogP contribution in [-0.2, 0) is 5.41 Å². The Bertz CT molecular complexity index is 3150. The van der Waals surface area contributed by atoms with Gasteiger partial charge in [0.15, 0.2) is 5.82 Å². The van der Waals surface area contributed by atoms with Crippen molar-refractivity contribution in [3.05, 3.63) is 217 Å². The lowest BCUT2D eigenvalue weighted by molar-refractivity contribution is 0.660. The van der Waals surface area contributed by atoms with Crippen LogP contribution in [0.25, 0.3) is 100.0 Å². The summed E-state index contributed by atoms with van der Waals surface area (Å²) in [4.78, 5) is 10.3. The molecule has 10 aromatic rings. The van der Waals surface area contributed by atoms with Gasteiger partial charge < -0.3 is 0 Å². The Hall–Kier alpha value is -7.42.